The Morgan fingerprint density at radius 3 is 2.78 bits per heavy atom. The molecule has 1 fully saturated rings. The number of aromatic nitrogens is 1. The minimum Gasteiger partial charge on any atom is -0.456 e. The fourth-order valence-electron chi connectivity index (χ4n) is 4.83. The Hall–Kier alpha value is -3.49. The predicted molar refractivity (Wildman–Crippen MR) is 146 cm³/mol. The maximum atomic E-state index is 13.3. The van der Waals surface area contributed by atoms with E-state index in [9.17, 15) is 9.59 Å². The van der Waals surface area contributed by atoms with Gasteiger partial charge in [0.25, 0.3) is 11.8 Å². The molecule has 6 rings (SSSR count). The number of amides is 2. The third kappa shape index (κ3) is 4.10. The fourth-order valence-corrected chi connectivity index (χ4v) is 6.25. The van der Waals surface area contributed by atoms with E-state index in [0.717, 1.165) is 49.8 Å². The Morgan fingerprint density at radius 1 is 1.08 bits per heavy atom. The number of fused-ring (bicyclic) bond motifs is 3. The van der Waals surface area contributed by atoms with Crippen molar-refractivity contribution in [2.24, 2.45) is 0 Å². The van der Waals surface area contributed by atoms with Crippen LogP contribution in [0.2, 0.25) is 0 Å². The number of halogens is 1. The summed E-state index contributed by atoms with van der Waals surface area (Å²) in [5.41, 5.74) is 4.25. The molecule has 3 heterocycles. The van der Waals surface area contributed by atoms with E-state index in [-0.39, 0.29) is 17.9 Å². The fraction of sp³-hybridized carbons (Fsp3) is 0.179. The lowest BCUT2D eigenvalue weighted by atomic mass is 10.1. The van der Waals surface area contributed by atoms with Crippen molar-refractivity contribution < 1.29 is 14.0 Å². The van der Waals surface area contributed by atoms with Gasteiger partial charge in [0.05, 0.1) is 6.04 Å². The van der Waals surface area contributed by atoms with Crippen LogP contribution in [-0.4, -0.2) is 28.2 Å². The second-order valence-corrected chi connectivity index (χ2v) is 10.8. The molecule has 1 N–H and O–H groups in total. The highest BCUT2D eigenvalue weighted by atomic mass is 79.9. The van der Waals surface area contributed by atoms with Gasteiger partial charge in [0, 0.05) is 38.4 Å². The summed E-state index contributed by atoms with van der Waals surface area (Å²) in [6.45, 7) is 2.62. The van der Waals surface area contributed by atoms with Gasteiger partial charge in [0.2, 0.25) is 0 Å². The van der Waals surface area contributed by atoms with Gasteiger partial charge in [-0.05, 0) is 67.8 Å². The van der Waals surface area contributed by atoms with Gasteiger partial charge in [0.15, 0.2) is 0 Å². The molecule has 0 unspecified atom stereocenters. The largest absolute Gasteiger partial charge is 0.456 e. The summed E-state index contributed by atoms with van der Waals surface area (Å²) < 4.78 is 6.82. The first-order chi connectivity index (χ1) is 17.5. The Balaban J connectivity index is 1.21. The first-order valence-corrected chi connectivity index (χ1v) is 13.4. The molecule has 3 aromatic carbocycles. The SMILES string of the molecule is Cc1cc(Br)ccc1C(=O)N1CCC[C@@H]1c1nc(C(=O)Nc2ccc3oc4ccccc4c3c2)cs1. The van der Waals surface area contributed by atoms with Gasteiger partial charge in [-0.2, -0.15) is 0 Å². The van der Waals surface area contributed by atoms with Crippen LogP contribution in [0.15, 0.2) is 74.9 Å². The van der Waals surface area contributed by atoms with E-state index < -0.39 is 0 Å². The number of thiazole rings is 1. The molecule has 1 atom stereocenters. The van der Waals surface area contributed by atoms with E-state index in [4.69, 9.17) is 4.42 Å². The van der Waals surface area contributed by atoms with Gasteiger partial charge in [0.1, 0.15) is 21.9 Å². The predicted octanol–water partition coefficient (Wildman–Crippen LogP) is 7.34. The van der Waals surface area contributed by atoms with Crippen LogP contribution in [0.5, 0.6) is 0 Å². The topological polar surface area (TPSA) is 75.4 Å². The van der Waals surface area contributed by atoms with Crippen molar-refractivity contribution in [1.29, 1.82) is 0 Å². The average Bonchev–Trinajstić information content (AvgIpc) is 3.61. The van der Waals surface area contributed by atoms with Gasteiger partial charge < -0.3 is 14.6 Å². The van der Waals surface area contributed by atoms with Gasteiger partial charge in [-0.3, -0.25) is 9.59 Å². The van der Waals surface area contributed by atoms with Crippen LogP contribution in [-0.2, 0) is 0 Å². The molecular weight excluding hydrogens is 538 g/mol. The van der Waals surface area contributed by atoms with Crippen molar-refractivity contribution >= 4 is 66.7 Å². The number of furan rings is 1. The Kier molecular flexibility index (Phi) is 5.85. The molecular formula is C28H22BrN3O3S. The Morgan fingerprint density at radius 2 is 1.92 bits per heavy atom. The normalized spacial score (nSPS) is 15.6. The van der Waals surface area contributed by atoms with Crippen LogP contribution in [0.25, 0.3) is 21.9 Å². The third-order valence-corrected chi connectivity index (χ3v) is 8.05. The van der Waals surface area contributed by atoms with Crippen molar-refractivity contribution in [3.8, 4) is 0 Å². The molecule has 6 nitrogen and oxygen atoms in total. The molecule has 2 aromatic heterocycles. The summed E-state index contributed by atoms with van der Waals surface area (Å²) in [5, 5.41) is 7.47. The molecule has 0 saturated carbocycles. The quantitative estimate of drug-likeness (QED) is 0.250. The van der Waals surface area contributed by atoms with Crippen LogP contribution in [0.1, 0.15) is 50.3 Å². The summed E-state index contributed by atoms with van der Waals surface area (Å²) in [6, 6.07) is 19.0. The number of aryl methyl sites for hydroxylation is 1. The zero-order chi connectivity index (χ0) is 24.8. The van der Waals surface area contributed by atoms with Crippen molar-refractivity contribution in [1.82, 2.24) is 9.88 Å². The minimum absolute atomic E-state index is 0.00402. The van der Waals surface area contributed by atoms with Crippen molar-refractivity contribution in [2.45, 2.75) is 25.8 Å². The van der Waals surface area contributed by atoms with E-state index in [0.29, 0.717) is 23.5 Å². The van der Waals surface area contributed by atoms with E-state index in [2.05, 4.69) is 26.2 Å². The van der Waals surface area contributed by atoms with Crippen molar-refractivity contribution in [3.63, 3.8) is 0 Å². The second-order valence-electron chi connectivity index (χ2n) is 8.95. The summed E-state index contributed by atoms with van der Waals surface area (Å²) in [5.74, 6) is -0.270. The van der Waals surface area contributed by atoms with E-state index >= 15 is 0 Å². The molecule has 180 valence electrons. The molecule has 0 bridgehead atoms. The number of benzene rings is 3. The monoisotopic (exact) mass is 559 g/mol. The highest BCUT2D eigenvalue weighted by Gasteiger charge is 2.33. The second kappa shape index (κ2) is 9.19. The number of hydrogen-bond donors (Lipinski definition) is 1. The number of hydrogen-bond acceptors (Lipinski definition) is 5. The van der Waals surface area contributed by atoms with Gasteiger partial charge >= 0.3 is 0 Å². The zero-order valence-electron chi connectivity index (χ0n) is 19.5. The lowest BCUT2D eigenvalue weighted by Gasteiger charge is -2.24. The molecule has 1 saturated heterocycles. The van der Waals surface area contributed by atoms with Crippen LogP contribution < -0.4 is 5.32 Å². The molecule has 8 heteroatoms. The van der Waals surface area contributed by atoms with Crippen molar-refractivity contribution in [3.05, 3.63) is 92.3 Å². The van der Waals surface area contributed by atoms with Gasteiger partial charge in [-0.15, -0.1) is 11.3 Å². The summed E-state index contributed by atoms with van der Waals surface area (Å²) >= 11 is 4.89. The molecule has 0 spiro atoms. The average molecular weight is 560 g/mol. The molecule has 36 heavy (non-hydrogen) atoms. The number of para-hydroxylation sites is 1. The molecule has 0 radical (unpaired) electrons. The molecule has 0 aliphatic carbocycles. The van der Waals surface area contributed by atoms with E-state index in [1.807, 2.05) is 72.5 Å². The number of rotatable bonds is 4. The lowest BCUT2D eigenvalue weighted by molar-refractivity contribution is 0.0734. The maximum Gasteiger partial charge on any atom is 0.275 e. The van der Waals surface area contributed by atoms with Gasteiger partial charge in [-0.1, -0.05) is 34.1 Å². The molecule has 1 aliphatic heterocycles. The van der Waals surface area contributed by atoms with Gasteiger partial charge in [-0.25, -0.2) is 4.98 Å². The molecule has 1 aliphatic rings. The van der Waals surface area contributed by atoms with Crippen LogP contribution in [0.4, 0.5) is 5.69 Å². The molecule has 5 aromatic rings. The van der Waals surface area contributed by atoms with Crippen molar-refractivity contribution in [2.75, 3.05) is 11.9 Å². The Bertz CT molecular complexity index is 1640. The summed E-state index contributed by atoms with van der Waals surface area (Å²) in [7, 11) is 0. The van der Waals surface area contributed by atoms with Crippen LogP contribution in [0, 0.1) is 6.92 Å². The maximum absolute atomic E-state index is 13.3. The standard InChI is InChI=1S/C28H22BrN3O3S/c1-16-13-17(29)8-10-19(16)28(34)32-12-4-6-23(32)27-31-22(15-36-27)26(33)30-18-9-11-25-21(14-18)20-5-2-3-7-24(20)35-25/h2-3,5,7-11,13-15,23H,4,6,12H2,1H3,(H,30,33)/t23-/m1/s1. The number of likely N-dealkylation sites (tertiary alicyclic amines) is 1. The highest BCUT2D eigenvalue weighted by Crippen LogP contribution is 2.36. The smallest absolute Gasteiger partial charge is 0.275 e. The number of carbonyl (C=O) groups excluding carboxylic acids is 2. The molecule has 2 amide bonds. The number of anilines is 1. The van der Waals surface area contributed by atoms with Crippen LogP contribution >= 0.6 is 27.3 Å². The van der Waals surface area contributed by atoms with Crippen LogP contribution in [0.3, 0.4) is 0 Å². The first-order valence-electron chi connectivity index (χ1n) is 11.7. The lowest BCUT2D eigenvalue weighted by Crippen LogP contribution is -2.31. The summed E-state index contributed by atoms with van der Waals surface area (Å²) in [4.78, 5) is 32.9. The van der Waals surface area contributed by atoms with E-state index in [1.165, 1.54) is 11.3 Å². The third-order valence-electron chi connectivity index (χ3n) is 6.61. The van der Waals surface area contributed by atoms with E-state index in [1.54, 1.807) is 5.38 Å². The summed E-state index contributed by atoms with van der Waals surface area (Å²) in [6.07, 6.45) is 1.74. The number of nitrogens with zero attached hydrogens (tertiary/aromatic N) is 2. The minimum atomic E-state index is -0.274. The zero-order valence-corrected chi connectivity index (χ0v) is 21.9. The number of nitrogens with one attached hydrogen (secondary N) is 1. The Labute approximate surface area is 220 Å². The first kappa shape index (κ1) is 22.9. The highest BCUT2D eigenvalue weighted by molar-refractivity contribution is 9.10. The number of carbonyl (C=O) groups is 2.